The summed E-state index contributed by atoms with van der Waals surface area (Å²) in [7, 11) is 2.73. The maximum Gasteiger partial charge on any atom is 0.339 e. The van der Waals surface area contributed by atoms with Crippen LogP contribution in [0.4, 0.5) is 0 Å². The third-order valence-electron chi connectivity index (χ3n) is 15.3. The molecule has 7 aromatic rings. The lowest BCUT2D eigenvalue weighted by atomic mass is 9.83. The van der Waals surface area contributed by atoms with E-state index in [1.165, 1.54) is 50.6 Å². The Bertz CT molecular complexity index is 4100. The molecular weight excluding hydrogens is 1160 g/mol. The Morgan fingerprint density at radius 2 is 0.598 bits per heavy atom. The zero-order chi connectivity index (χ0) is 77.7. The third-order valence-corrected chi connectivity index (χ3v) is 15.3. The zero-order valence-corrected chi connectivity index (χ0v) is 56.1. The number of aryl methyl sites for hydroxylation is 8. The van der Waals surface area contributed by atoms with Crippen molar-refractivity contribution in [3.63, 3.8) is 0 Å². The predicted octanol–water partition coefficient (Wildman–Crippen LogP) is 16.0. The van der Waals surface area contributed by atoms with Crippen molar-refractivity contribution in [2.75, 3.05) is 14.2 Å². The van der Waals surface area contributed by atoms with Crippen molar-refractivity contribution >= 4 is 41.8 Å². The van der Waals surface area contributed by atoms with Gasteiger partial charge >= 0.3 is 41.8 Å². The topological polar surface area (TPSA) is 237 Å². The molecule has 0 saturated carbocycles. The van der Waals surface area contributed by atoms with E-state index in [0.717, 1.165) is 44.5 Å². The van der Waals surface area contributed by atoms with E-state index in [4.69, 9.17) is 41.5 Å². The number of carboxylic acid groups (broad SMARTS) is 3. The standard InChI is InChI=1S/C23H28O4.C22H26O4.C14H20O3.2C9H10O2/c1-15-8-13-19(16(2)14-15)20(24)27-23(5,6)18-11-9-17(10-12-18)22(3,4)21(25)26-7;1-14-7-12-18(15(2)13-14)19(23)26-22(5,6)17-10-8-16(9-11-17)21(3,4)20(24)25;1-13(2,12(15)17-5)10-6-8-11(9-7-10)14(3,4)16;2*1-6-3-4-8(9(10)11)7(2)5-6/h8-14H,1-7H3;7-13H,1-6H3,(H,24,25);6-9,16H,1-5H3;2*3-5H,1-2H3,(H,10,11)/i2*2D3;;2D3;. The van der Waals surface area contributed by atoms with Crippen molar-refractivity contribution in [3.8, 4) is 0 Å². The van der Waals surface area contributed by atoms with Gasteiger partial charge in [0.05, 0.1) is 58.3 Å². The number of carbonyl (C=O) groups is 7. The number of esters is 4. The molecule has 0 aliphatic carbocycles. The van der Waals surface area contributed by atoms with Crippen LogP contribution in [0.2, 0.25) is 0 Å². The first-order valence-electron chi connectivity index (χ1n) is 33.8. The molecule has 4 N–H and O–H groups in total. The third kappa shape index (κ3) is 20.9. The number of benzene rings is 7. The average molecular weight is 1270 g/mol. The van der Waals surface area contributed by atoms with Gasteiger partial charge in [0.25, 0.3) is 0 Å². The Labute approximate surface area is 556 Å². The van der Waals surface area contributed by atoms with Crippen LogP contribution in [0.1, 0.15) is 215 Å². The van der Waals surface area contributed by atoms with Gasteiger partial charge in [-0.25, -0.2) is 19.2 Å². The van der Waals surface area contributed by atoms with Crippen LogP contribution in [-0.2, 0) is 66.4 Å². The van der Waals surface area contributed by atoms with Crippen molar-refractivity contribution in [1.82, 2.24) is 0 Å². The van der Waals surface area contributed by atoms with Crippen LogP contribution >= 0.6 is 0 Å². The molecule has 0 saturated heterocycles. The van der Waals surface area contributed by atoms with Gasteiger partial charge in [0.15, 0.2) is 0 Å². The lowest BCUT2D eigenvalue weighted by molar-refractivity contribution is -0.147. The minimum atomic E-state index is -2.44. The largest absolute Gasteiger partial charge is 0.481 e. The molecule has 0 unspecified atom stereocenters. The monoisotopic (exact) mass is 1270 g/mol. The van der Waals surface area contributed by atoms with E-state index >= 15 is 0 Å². The molecule has 0 atom stereocenters. The summed E-state index contributed by atoms with van der Waals surface area (Å²) in [6, 6.07) is 40.2. The number of hydrogen-bond acceptors (Lipinski definition) is 12. The predicted molar refractivity (Wildman–Crippen MR) is 360 cm³/mol. The van der Waals surface area contributed by atoms with Gasteiger partial charge in [-0.05, 0) is 218 Å². The fourth-order valence-corrected chi connectivity index (χ4v) is 9.00. The second-order valence-corrected chi connectivity index (χ2v) is 25.3. The molecule has 7 rings (SSSR count). The number of hydrogen-bond donors (Lipinski definition) is 4. The minimum Gasteiger partial charge on any atom is -0.481 e. The van der Waals surface area contributed by atoms with E-state index < -0.39 is 83.5 Å². The summed E-state index contributed by atoms with van der Waals surface area (Å²) in [4.78, 5) is 82.0. The van der Waals surface area contributed by atoms with Crippen LogP contribution in [0.25, 0.3) is 0 Å². The van der Waals surface area contributed by atoms with Gasteiger partial charge in [-0.3, -0.25) is 14.4 Å². The van der Waals surface area contributed by atoms with Crippen LogP contribution in [0.15, 0.2) is 146 Å². The van der Waals surface area contributed by atoms with Gasteiger partial charge < -0.3 is 39.4 Å². The summed E-state index contributed by atoms with van der Waals surface area (Å²) in [6.07, 6.45) is 0. The molecule has 0 aromatic heterocycles. The zero-order valence-electron chi connectivity index (χ0n) is 65.1. The number of aliphatic hydroxyl groups is 1. The van der Waals surface area contributed by atoms with Gasteiger partial charge in [-0.15, -0.1) is 0 Å². The normalized spacial score (nSPS) is 13.3. The maximum absolute atomic E-state index is 12.8. The van der Waals surface area contributed by atoms with E-state index in [1.807, 2.05) is 51.1 Å². The SMILES string of the molecule is COC(=O)C(C)(C)c1ccc(C(C)(C)O)cc1.Cc1ccc(C(=O)O)c(C)c1.[2H]C([2H])([2H])c1cc(C)ccc1C(=O)O.[2H]C([2H])([2H])c1cc(C)ccc1C(=O)OC(C)(C)c1ccc(C(C)(C)C(=O)O)cc1.[2H]C([2H])([2H])c1cc(C)ccc1C(=O)OC(C)(C)c1ccc(C(C)(C)C(=O)OC)cc1. The highest BCUT2D eigenvalue weighted by Gasteiger charge is 2.35. The van der Waals surface area contributed by atoms with E-state index in [9.17, 15) is 43.8 Å². The molecule has 0 aliphatic rings. The quantitative estimate of drug-likeness (QED) is 0.0552. The molecule has 15 nitrogen and oxygen atoms in total. The van der Waals surface area contributed by atoms with Gasteiger partial charge in [-0.2, -0.15) is 0 Å². The molecule has 0 heterocycles. The van der Waals surface area contributed by atoms with Crippen LogP contribution in [0.3, 0.4) is 0 Å². The van der Waals surface area contributed by atoms with Crippen molar-refractivity contribution in [1.29, 1.82) is 0 Å². The highest BCUT2D eigenvalue weighted by molar-refractivity contribution is 5.93. The molecule has 0 fully saturated rings. The second kappa shape index (κ2) is 31.7. The van der Waals surface area contributed by atoms with Gasteiger partial charge in [0, 0.05) is 12.3 Å². The Kier molecular flexibility index (Phi) is 21.7. The smallest absolute Gasteiger partial charge is 0.339 e. The summed E-state index contributed by atoms with van der Waals surface area (Å²) >= 11 is 0. The van der Waals surface area contributed by atoms with E-state index in [0.29, 0.717) is 22.3 Å². The van der Waals surface area contributed by atoms with Gasteiger partial charge in [-0.1, -0.05) is 144 Å². The Hall–Kier alpha value is -9.21. The summed E-state index contributed by atoms with van der Waals surface area (Å²) in [5, 5.41) is 36.6. The molecule has 92 heavy (non-hydrogen) atoms. The maximum atomic E-state index is 12.8. The molecule has 0 amide bonds. The number of carboxylic acids is 3. The summed E-state index contributed by atoms with van der Waals surface area (Å²) in [5.41, 5.74) is 3.22. The van der Waals surface area contributed by atoms with E-state index in [1.54, 1.807) is 176 Å². The molecule has 15 heteroatoms. The van der Waals surface area contributed by atoms with Crippen LogP contribution < -0.4 is 0 Å². The highest BCUT2D eigenvalue weighted by Crippen LogP contribution is 2.33. The number of methoxy groups -OCH3 is 2. The molecule has 0 spiro atoms. The first-order valence-corrected chi connectivity index (χ1v) is 29.3. The minimum absolute atomic E-state index is 0.00676. The van der Waals surface area contributed by atoms with Crippen molar-refractivity contribution in [2.45, 2.75) is 171 Å². The summed E-state index contributed by atoms with van der Waals surface area (Å²) in [5.74, 6) is -5.06. The highest BCUT2D eigenvalue weighted by atomic mass is 16.6. The first-order chi connectivity index (χ1) is 46.0. The fourth-order valence-electron chi connectivity index (χ4n) is 9.00. The van der Waals surface area contributed by atoms with Crippen molar-refractivity contribution in [3.05, 3.63) is 246 Å². The number of rotatable bonds is 15. The number of carbonyl (C=O) groups excluding carboxylic acids is 4. The molecule has 0 aliphatic heterocycles. The lowest BCUT2D eigenvalue weighted by Gasteiger charge is -2.28. The van der Waals surface area contributed by atoms with Gasteiger partial charge in [0.1, 0.15) is 11.2 Å². The number of aromatic carboxylic acids is 2. The Morgan fingerprint density at radius 1 is 0.348 bits per heavy atom. The Morgan fingerprint density at radius 3 is 0.870 bits per heavy atom. The molecule has 0 radical (unpaired) electrons. The molecule has 7 aromatic carbocycles. The summed E-state index contributed by atoms with van der Waals surface area (Å²) in [6.45, 7) is 22.5. The van der Waals surface area contributed by atoms with E-state index in [-0.39, 0.29) is 45.3 Å². The van der Waals surface area contributed by atoms with Crippen LogP contribution in [0, 0.1) is 55.2 Å². The molecular formula is C77H94O15. The lowest BCUT2D eigenvalue weighted by Crippen LogP contribution is -2.30. The van der Waals surface area contributed by atoms with Crippen molar-refractivity contribution < 1.29 is 85.3 Å². The summed E-state index contributed by atoms with van der Waals surface area (Å²) < 4.78 is 88.8. The van der Waals surface area contributed by atoms with Crippen LogP contribution in [0.5, 0.6) is 0 Å². The average Bonchev–Trinajstić information content (AvgIpc) is 0.806. The fraction of sp³-hybridized carbons (Fsp3) is 0.364. The number of ether oxygens (including phenoxy) is 4. The van der Waals surface area contributed by atoms with Crippen molar-refractivity contribution in [2.24, 2.45) is 0 Å². The Balaban J connectivity index is 0.000000345. The molecule has 492 valence electrons. The first kappa shape index (κ1) is 63.0. The number of aliphatic carboxylic acids is 1. The van der Waals surface area contributed by atoms with E-state index in [2.05, 4.69) is 0 Å². The molecule has 0 bridgehead atoms. The van der Waals surface area contributed by atoms with Crippen LogP contribution in [-0.4, -0.2) is 76.4 Å². The van der Waals surface area contributed by atoms with Gasteiger partial charge in [0.2, 0.25) is 0 Å². The second-order valence-electron chi connectivity index (χ2n) is 25.3.